The van der Waals surface area contributed by atoms with Crippen LogP contribution in [-0.2, 0) is 0 Å². The molecule has 1 aliphatic heterocycles. The molecule has 0 aliphatic carbocycles. The second kappa shape index (κ2) is 7.07. The zero-order valence-corrected chi connectivity index (χ0v) is 13.4. The van der Waals surface area contributed by atoms with Gasteiger partial charge in [0.1, 0.15) is 5.82 Å². The molecule has 0 bridgehead atoms. The summed E-state index contributed by atoms with van der Waals surface area (Å²) in [6.45, 7) is 12.5. The van der Waals surface area contributed by atoms with Crippen LogP contribution in [0.4, 0.5) is 5.82 Å². The number of nitrogens with one attached hydrogen (secondary N) is 1. The van der Waals surface area contributed by atoms with Gasteiger partial charge in [0.15, 0.2) is 0 Å². The smallest absolute Gasteiger partial charge is 0.130 e. The number of hydrogen-bond acceptors (Lipinski definition) is 3. The summed E-state index contributed by atoms with van der Waals surface area (Å²) in [5.41, 5.74) is 1.38. The molecule has 1 aromatic heterocycles. The van der Waals surface area contributed by atoms with Crippen LogP contribution in [0.25, 0.3) is 0 Å². The van der Waals surface area contributed by atoms with Gasteiger partial charge in [-0.2, -0.15) is 0 Å². The molecule has 0 spiro atoms. The lowest BCUT2D eigenvalue weighted by Crippen LogP contribution is -2.28. The van der Waals surface area contributed by atoms with Gasteiger partial charge in [0.25, 0.3) is 0 Å². The number of rotatable bonds is 6. The van der Waals surface area contributed by atoms with Crippen molar-refractivity contribution in [2.45, 2.75) is 46.6 Å². The Bertz CT molecular complexity index is 414. The molecule has 3 heteroatoms. The third kappa shape index (κ3) is 3.95. The van der Waals surface area contributed by atoms with Gasteiger partial charge in [-0.05, 0) is 37.3 Å². The predicted molar refractivity (Wildman–Crippen MR) is 86.0 cm³/mol. The molecule has 1 aliphatic rings. The minimum Gasteiger partial charge on any atom is -0.370 e. The van der Waals surface area contributed by atoms with Crippen molar-refractivity contribution in [3.8, 4) is 0 Å². The second-order valence-corrected chi connectivity index (χ2v) is 6.76. The van der Waals surface area contributed by atoms with Crippen molar-refractivity contribution in [2.24, 2.45) is 11.8 Å². The number of pyridine rings is 1. The van der Waals surface area contributed by atoms with Crippen molar-refractivity contribution in [3.05, 3.63) is 23.9 Å². The first kappa shape index (κ1) is 15.3. The molecule has 20 heavy (non-hydrogen) atoms. The van der Waals surface area contributed by atoms with Crippen LogP contribution in [0, 0.1) is 11.8 Å². The fraction of sp³-hybridized carbons (Fsp3) is 0.706. The maximum Gasteiger partial charge on any atom is 0.130 e. The Kier molecular flexibility index (Phi) is 5.41. The molecule has 0 amide bonds. The average molecular weight is 275 g/mol. The van der Waals surface area contributed by atoms with E-state index in [1.807, 2.05) is 6.20 Å². The summed E-state index contributed by atoms with van der Waals surface area (Å²) < 4.78 is 0. The molecule has 3 nitrogen and oxygen atoms in total. The van der Waals surface area contributed by atoms with E-state index in [9.17, 15) is 0 Å². The number of nitrogens with zero attached hydrogens (tertiary/aromatic N) is 2. The SMILES string of the molecule is CC(C)CNc1ncccc1[C@H]1CCCN1CC(C)C. The van der Waals surface area contributed by atoms with Crippen LogP contribution in [0.1, 0.15) is 52.1 Å². The van der Waals surface area contributed by atoms with Gasteiger partial charge >= 0.3 is 0 Å². The van der Waals surface area contributed by atoms with Gasteiger partial charge in [-0.3, -0.25) is 4.90 Å². The van der Waals surface area contributed by atoms with Gasteiger partial charge < -0.3 is 5.32 Å². The molecule has 1 aromatic rings. The Hall–Kier alpha value is -1.09. The van der Waals surface area contributed by atoms with Gasteiger partial charge in [0.2, 0.25) is 0 Å². The molecule has 0 saturated carbocycles. The Balaban J connectivity index is 2.14. The molecule has 1 saturated heterocycles. The topological polar surface area (TPSA) is 28.2 Å². The van der Waals surface area contributed by atoms with E-state index in [0.717, 1.165) is 18.3 Å². The number of anilines is 1. The van der Waals surface area contributed by atoms with Crippen LogP contribution in [0.3, 0.4) is 0 Å². The zero-order valence-electron chi connectivity index (χ0n) is 13.4. The summed E-state index contributed by atoms with van der Waals surface area (Å²) in [7, 11) is 0. The molecule has 1 atom stereocenters. The zero-order chi connectivity index (χ0) is 14.5. The van der Waals surface area contributed by atoms with E-state index in [4.69, 9.17) is 0 Å². The monoisotopic (exact) mass is 275 g/mol. The van der Waals surface area contributed by atoms with Crippen molar-refractivity contribution in [2.75, 3.05) is 25.0 Å². The third-order valence-corrected chi connectivity index (χ3v) is 3.84. The Labute approximate surface area is 123 Å². The standard InChI is InChI=1S/C17H29N3/c1-13(2)11-19-17-15(7-5-9-18-17)16-8-6-10-20(16)12-14(3)4/h5,7,9,13-14,16H,6,8,10-12H2,1-4H3,(H,18,19)/t16-/m1/s1. The highest BCUT2D eigenvalue weighted by molar-refractivity contribution is 5.46. The summed E-state index contributed by atoms with van der Waals surface area (Å²) in [4.78, 5) is 7.20. The van der Waals surface area contributed by atoms with Crippen LogP contribution >= 0.6 is 0 Å². The Morgan fingerprint density at radius 3 is 2.80 bits per heavy atom. The highest BCUT2D eigenvalue weighted by Gasteiger charge is 2.28. The van der Waals surface area contributed by atoms with E-state index >= 15 is 0 Å². The molecular weight excluding hydrogens is 246 g/mol. The fourth-order valence-corrected chi connectivity index (χ4v) is 3.00. The van der Waals surface area contributed by atoms with Crippen molar-refractivity contribution in [1.29, 1.82) is 0 Å². The quantitative estimate of drug-likeness (QED) is 0.852. The van der Waals surface area contributed by atoms with Crippen LogP contribution in [0.2, 0.25) is 0 Å². The predicted octanol–water partition coefficient (Wildman–Crippen LogP) is 3.94. The summed E-state index contributed by atoms with van der Waals surface area (Å²) in [5.74, 6) is 2.45. The van der Waals surface area contributed by atoms with Gasteiger partial charge in [0.05, 0.1) is 0 Å². The minimum atomic E-state index is 0.542. The minimum absolute atomic E-state index is 0.542. The number of aromatic nitrogens is 1. The van der Waals surface area contributed by atoms with Crippen molar-refractivity contribution in [3.63, 3.8) is 0 Å². The van der Waals surface area contributed by atoms with Crippen LogP contribution in [-0.4, -0.2) is 29.5 Å². The summed E-state index contributed by atoms with van der Waals surface area (Å²) in [6, 6.07) is 4.86. The molecular formula is C17H29N3. The Morgan fingerprint density at radius 2 is 2.10 bits per heavy atom. The van der Waals surface area contributed by atoms with Gasteiger partial charge in [-0.1, -0.05) is 33.8 Å². The van der Waals surface area contributed by atoms with Crippen molar-refractivity contribution in [1.82, 2.24) is 9.88 Å². The lowest BCUT2D eigenvalue weighted by molar-refractivity contribution is 0.229. The van der Waals surface area contributed by atoms with E-state index in [2.05, 4.69) is 55.0 Å². The second-order valence-electron chi connectivity index (χ2n) is 6.76. The number of hydrogen-bond donors (Lipinski definition) is 1. The van der Waals surface area contributed by atoms with E-state index in [0.29, 0.717) is 12.0 Å². The lowest BCUT2D eigenvalue weighted by atomic mass is 10.0. The molecule has 0 unspecified atom stereocenters. The molecule has 2 heterocycles. The summed E-state index contributed by atoms with van der Waals surface area (Å²) in [5, 5.41) is 3.53. The molecule has 0 aromatic carbocycles. The highest BCUT2D eigenvalue weighted by atomic mass is 15.2. The van der Waals surface area contributed by atoms with Gasteiger partial charge in [-0.15, -0.1) is 0 Å². The molecule has 112 valence electrons. The normalized spacial score (nSPS) is 20.0. The largest absolute Gasteiger partial charge is 0.370 e. The van der Waals surface area contributed by atoms with E-state index in [1.54, 1.807) is 0 Å². The lowest BCUT2D eigenvalue weighted by Gasteiger charge is -2.27. The van der Waals surface area contributed by atoms with Crippen LogP contribution in [0.5, 0.6) is 0 Å². The van der Waals surface area contributed by atoms with E-state index in [1.165, 1.54) is 31.5 Å². The van der Waals surface area contributed by atoms with Gasteiger partial charge in [-0.25, -0.2) is 4.98 Å². The van der Waals surface area contributed by atoms with Gasteiger partial charge in [0, 0.05) is 30.9 Å². The van der Waals surface area contributed by atoms with Crippen molar-refractivity contribution < 1.29 is 0 Å². The number of likely N-dealkylation sites (tertiary alicyclic amines) is 1. The molecule has 0 radical (unpaired) electrons. The van der Waals surface area contributed by atoms with Crippen molar-refractivity contribution >= 4 is 5.82 Å². The first-order valence-corrected chi connectivity index (χ1v) is 8.00. The van der Waals surface area contributed by atoms with Crippen LogP contribution < -0.4 is 5.32 Å². The summed E-state index contributed by atoms with van der Waals surface area (Å²) >= 11 is 0. The molecule has 1 N–H and O–H groups in total. The molecule has 2 rings (SSSR count). The average Bonchev–Trinajstić information content (AvgIpc) is 2.83. The third-order valence-electron chi connectivity index (χ3n) is 3.84. The maximum atomic E-state index is 4.57. The fourth-order valence-electron chi connectivity index (χ4n) is 3.00. The van der Waals surface area contributed by atoms with E-state index < -0.39 is 0 Å². The van der Waals surface area contributed by atoms with E-state index in [-0.39, 0.29) is 0 Å². The highest BCUT2D eigenvalue weighted by Crippen LogP contribution is 2.35. The first-order valence-electron chi connectivity index (χ1n) is 8.00. The maximum absolute atomic E-state index is 4.57. The van der Waals surface area contributed by atoms with Crippen LogP contribution in [0.15, 0.2) is 18.3 Å². The summed E-state index contributed by atoms with van der Waals surface area (Å²) in [6.07, 6.45) is 4.46. The molecule has 1 fully saturated rings. The Morgan fingerprint density at radius 1 is 1.30 bits per heavy atom. The first-order chi connectivity index (χ1) is 9.58.